The molecule has 0 spiro atoms. The smallest absolute Gasteiger partial charge is 0.332 e. The van der Waals surface area contributed by atoms with Gasteiger partial charge >= 0.3 is 5.69 Å². The molecule has 1 unspecified atom stereocenters. The van der Waals surface area contributed by atoms with Gasteiger partial charge in [0.2, 0.25) is 0 Å². The molecule has 0 bridgehead atoms. The van der Waals surface area contributed by atoms with Crippen molar-refractivity contribution < 1.29 is 10.6 Å². The second-order valence-electron chi connectivity index (χ2n) is 4.78. The lowest BCUT2D eigenvalue weighted by Gasteiger charge is -2.09. The molecule has 0 aliphatic rings. The largest absolute Gasteiger partial charge is 0.393 e. The number of fused-ring (bicyclic) bond motifs is 1. The van der Waals surface area contributed by atoms with Crippen LogP contribution in [0.25, 0.3) is 11.2 Å². The molecule has 2 aromatic heterocycles. The molecule has 0 aliphatic heterocycles. The van der Waals surface area contributed by atoms with E-state index in [1.807, 2.05) is 0 Å². The molecule has 1 atom stereocenters. The van der Waals surface area contributed by atoms with Gasteiger partial charge in [-0.05, 0) is 26.2 Å². The van der Waals surface area contributed by atoms with Crippen LogP contribution in [0.2, 0.25) is 0 Å². The molecular formula is C13H20N4O3. The summed E-state index contributed by atoms with van der Waals surface area (Å²) in [5.41, 5.74) is -1.42. The van der Waals surface area contributed by atoms with E-state index < -0.39 is 24.3 Å². The number of imidazole rings is 1. The lowest BCUT2D eigenvalue weighted by molar-refractivity contribution is 0.180. The van der Waals surface area contributed by atoms with Crippen molar-refractivity contribution in [3.63, 3.8) is 0 Å². The third-order valence-corrected chi connectivity index (χ3v) is 3.20. The number of aryl methyl sites for hydroxylation is 2. The van der Waals surface area contributed by atoms with Gasteiger partial charge in [-0.1, -0.05) is 0 Å². The van der Waals surface area contributed by atoms with Gasteiger partial charge in [0.1, 0.15) is 0 Å². The van der Waals surface area contributed by atoms with E-state index in [-0.39, 0.29) is 24.1 Å². The summed E-state index contributed by atoms with van der Waals surface area (Å²) >= 11 is 0. The zero-order valence-electron chi connectivity index (χ0n) is 15.5. The molecule has 7 heteroatoms. The maximum absolute atomic E-state index is 12.6. The van der Waals surface area contributed by atoms with Gasteiger partial charge in [0, 0.05) is 24.7 Å². The summed E-state index contributed by atoms with van der Waals surface area (Å²) in [5.74, 6) is 0. The molecule has 0 amide bonds. The van der Waals surface area contributed by atoms with Gasteiger partial charge in [0.25, 0.3) is 5.56 Å². The van der Waals surface area contributed by atoms with Crippen LogP contribution in [0.1, 0.15) is 31.7 Å². The molecule has 2 aromatic rings. The first-order valence-corrected chi connectivity index (χ1v) is 6.33. The molecule has 0 fully saturated rings. The van der Waals surface area contributed by atoms with Crippen molar-refractivity contribution in [1.29, 1.82) is 0 Å². The van der Waals surface area contributed by atoms with Crippen molar-refractivity contribution in [2.75, 3.05) is 0 Å². The minimum Gasteiger partial charge on any atom is -0.393 e. The van der Waals surface area contributed by atoms with Crippen LogP contribution in [0.4, 0.5) is 0 Å². The summed E-state index contributed by atoms with van der Waals surface area (Å²) < 4.78 is 32.7. The summed E-state index contributed by atoms with van der Waals surface area (Å²) in [6.45, 7) is -1.14. The lowest BCUT2D eigenvalue weighted by Crippen LogP contribution is -2.39. The summed E-state index contributed by atoms with van der Waals surface area (Å²) in [7, 11) is 1.42. The van der Waals surface area contributed by atoms with Gasteiger partial charge in [-0.2, -0.15) is 0 Å². The Morgan fingerprint density at radius 3 is 2.90 bits per heavy atom. The van der Waals surface area contributed by atoms with Crippen LogP contribution >= 0.6 is 0 Å². The number of rotatable bonds is 5. The van der Waals surface area contributed by atoms with Crippen LogP contribution in [-0.2, 0) is 20.6 Å². The van der Waals surface area contributed by atoms with Gasteiger partial charge in [-0.15, -0.1) is 0 Å². The second kappa shape index (κ2) is 5.62. The summed E-state index contributed by atoms with van der Waals surface area (Å²) in [6, 6.07) is 0. The van der Waals surface area contributed by atoms with E-state index in [0.29, 0.717) is 12.8 Å². The van der Waals surface area contributed by atoms with E-state index >= 15 is 0 Å². The average molecular weight is 284 g/mol. The van der Waals surface area contributed by atoms with E-state index in [9.17, 15) is 14.7 Å². The number of hydrogen-bond donors (Lipinski definition) is 1. The maximum atomic E-state index is 12.6. The van der Waals surface area contributed by atoms with Crippen molar-refractivity contribution in [3.8, 4) is 0 Å². The van der Waals surface area contributed by atoms with Crippen LogP contribution in [0.15, 0.2) is 15.9 Å². The maximum Gasteiger partial charge on any atom is 0.332 e. The molecule has 110 valence electrons. The monoisotopic (exact) mass is 284 g/mol. The van der Waals surface area contributed by atoms with E-state index in [0.717, 1.165) is 20.0 Å². The molecule has 0 radical (unpaired) electrons. The Kier molecular flexibility index (Phi) is 2.79. The number of hydrogen-bond acceptors (Lipinski definition) is 4. The average Bonchev–Trinajstić information content (AvgIpc) is 2.88. The Balaban J connectivity index is 2.44. The molecule has 0 saturated carbocycles. The second-order valence-corrected chi connectivity index (χ2v) is 4.78. The van der Waals surface area contributed by atoms with Gasteiger partial charge in [-0.3, -0.25) is 13.9 Å². The van der Waals surface area contributed by atoms with Crippen molar-refractivity contribution in [2.45, 2.75) is 38.8 Å². The first-order valence-electron chi connectivity index (χ1n) is 8.33. The van der Waals surface area contributed by atoms with Crippen LogP contribution in [0.3, 0.4) is 0 Å². The summed E-state index contributed by atoms with van der Waals surface area (Å²) in [4.78, 5) is 28.7. The first-order chi connectivity index (χ1) is 10.9. The van der Waals surface area contributed by atoms with Crippen molar-refractivity contribution >= 4 is 11.2 Å². The van der Waals surface area contributed by atoms with Gasteiger partial charge < -0.3 is 9.67 Å². The van der Waals surface area contributed by atoms with E-state index in [1.165, 1.54) is 14.0 Å². The van der Waals surface area contributed by atoms with E-state index in [2.05, 4.69) is 4.98 Å². The zero-order valence-corrected chi connectivity index (χ0v) is 11.5. The fourth-order valence-electron chi connectivity index (χ4n) is 2.12. The normalized spacial score (nSPS) is 18.1. The third kappa shape index (κ3) is 2.53. The number of nitrogens with zero attached hydrogens (tertiary/aromatic N) is 4. The first kappa shape index (κ1) is 9.93. The van der Waals surface area contributed by atoms with E-state index in [1.54, 1.807) is 0 Å². The molecule has 20 heavy (non-hydrogen) atoms. The van der Waals surface area contributed by atoms with Crippen molar-refractivity contribution in [2.24, 2.45) is 14.0 Å². The Labute approximate surface area is 121 Å². The van der Waals surface area contributed by atoms with Gasteiger partial charge in [-0.25, -0.2) is 9.78 Å². The molecule has 1 N–H and O–H groups in total. The van der Waals surface area contributed by atoms with Gasteiger partial charge in [0.05, 0.1) is 13.8 Å². The van der Waals surface area contributed by atoms with Crippen LogP contribution in [0.5, 0.6) is 0 Å². The Morgan fingerprint density at radius 2 is 2.25 bits per heavy atom. The fourth-order valence-corrected chi connectivity index (χ4v) is 2.12. The molecule has 7 nitrogen and oxygen atoms in total. The third-order valence-electron chi connectivity index (χ3n) is 3.20. The molecule has 0 aliphatic carbocycles. The Bertz CT molecular complexity index is 857. The predicted octanol–water partition coefficient (Wildman–Crippen LogP) is -0.0152. The summed E-state index contributed by atoms with van der Waals surface area (Å²) in [6.07, 6.45) is 0.525. The highest BCUT2D eigenvalue weighted by Crippen LogP contribution is 2.04. The SMILES string of the molecule is [2H]C(C)(O)CCCCn1c(=O)c2c(ncn2C([2H])([2H])[2H])n(C)c1=O. The minimum absolute atomic E-state index is 0.0199. The highest BCUT2D eigenvalue weighted by Gasteiger charge is 2.14. The Hall–Kier alpha value is -1.89. The molecular weight excluding hydrogens is 260 g/mol. The standard InChI is InChI=1S/C13H20N4O3/c1-9(18)6-4-5-7-17-12(19)10-11(14-8-15(10)2)16(3)13(17)20/h8-9,18H,4-7H2,1-3H3/i2D3,9D. The highest BCUT2D eigenvalue weighted by molar-refractivity contribution is 5.69. The van der Waals surface area contributed by atoms with Crippen LogP contribution in [0, 0.1) is 0 Å². The lowest BCUT2D eigenvalue weighted by atomic mass is 10.2. The van der Waals surface area contributed by atoms with Gasteiger partial charge in [0.15, 0.2) is 11.2 Å². The topological polar surface area (TPSA) is 82.1 Å². The zero-order chi connectivity index (χ0) is 18.3. The highest BCUT2D eigenvalue weighted by atomic mass is 16.3. The quantitative estimate of drug-likeness (QED) is 0.783. The molecule has 0 aromatic carbocycles. The molecule has 2 heterocycles. The van der Waals surface area contributed by atoms with Crippen molar-refractivity contribution in [3.05, 3.63) is 27.2 Å². The van der Waals surface area contributed by atoms with Crippen LogP contribution < -0.4 is 11.2 Å². The number of aromatic nitrogens is 4. The fraction of sp³-hybridized carbons (Fsp3) is 0.615. The Morgan fingerprint density at radius 1 is 1.50 bits per heavy atom. The van der Waals surface area contributed by atoms with E-state index in [4.69, 9.17) is 5.48 Å². The molecule has 0 saturated heterocycles. The number of unbranched alkanes of at least 4 members (excludes halogenated alkanes) is 1. The minimum atomic E-state index is -2.58. The van der Waals surface area contributed by atoms with Crippen molar-refractivity contribution in [1.82, 2.24) is 18.7 Å². The number of aliphatic hydroxyl groups is 1. The summed E-state index contributed by atoms with van der Waals surface area (Å²) in [5, 5.41) is 9.37. The molecule has 2 rings (SSSR count). The predicted molar refractivity (Wildman–Crippen MR) is 75.7 cm³/mol. The van der Waals surface area contributed by atoms with Crippen LogP contribution in [-0.4, -0.2) is 29.9 Å².